The molecule has 1 N–H and O–H groups in total. The number of ketones is 1. The van der Waals surface area contributed by atoms with Crippen LogP contribution in [-0.4, -0.2) is 64.4 Å². The number of ether oxygens (including phenoxy) is 1. The molecular formula is C48H41Cl2N7O4. The van der Waals surface area contributed by atoms with Crippen LogP contribution in [0.2, 0.25) is 10.0 Å². The minimum Gasteiger partial charge on any atom is -0.463 e. The largest absolute Gasteiger partial charge is 0.463 e. The van der Waals surface area contributed by atoms with Crippen LogP contribution in [0.1, 0.15) is 67.1 Å². The molecule has 5 aromatic carbocycles. The minimum absolute atomic E-state index is 0.00506. The Hall–Kier alpha value is -6.40. The molecule has 0 fully saturated rings. The van der Waals surface area contributed by atoms with E-state index in [0.29, 0.717) is 68.4 Å². The van der Waals surface area contributed by atoms with Gasteiger partial charge in [-0.05, 0) is 93.1 Å². The van der Waals surface area contributed by atoms with E-state index in [1.165, 1.54) is 0 Å². The molecule has 0 saturated heterocycles. The van der Waals surface area contributed by atoms with E-state index in [1.807, 2.05) is 84.9 Å². The standard InChI is InChI=1S/C48H41Cl2N7O4/c1-4-6-29-55-30(3)39(46(59)61-5-2)47(41(58)37-19-13-14-20-38(37)48(47,55)60)40(44-51-42(31-21-25-33(49)26-22-31)53-56(44)35-15-9-7-10-16-35)45-52-43(32-23-27-34(50)28-24-32)54-57(45)36-17-11-8-12-18-36/h7-28,40,60H,4-6,29H2,1-3H3/t47-,48+/m1/s1. The molecule has 0 radical (unpaired) electrons. The van der Waals surface area contributed by atoms with Crippen LogP contribution in [0.15, 0.2) is 145 Å². The molecule has 1 aliphatic carbocycles. The molecule has 3 heterocycles. The number of allylic oxidation sites excluding steroid dienone is 1. The predicted molar refractivity (Wildman–Crippen MR) is 234 cm³/mol. The molecule has 0 amide bonds. The predicted octanol–water partition coefficient (Wildman–Crippen LogP) is 9.60. The molecule has 306 valence electrons. The monoisotopic (exact) mass is 849 g/mol. The normalized spacial score (nSPS) is 18.2. The molecule has 61 heavy (non-hydrogen) atoms. The van der Waals surface area contributed by atoms with Gasteiger partial charge in [-0.2, -0.15) is 0 Å². The molecule has 9 rings (SSSR count). The van der Waals surface area contributed by atoms with E-state index in [4.69, 9.17) is 48.1 Å². The third-order valence-electron chi connectivity index (χ3n) is 11.6. The van der Waals surface area contributed by atoms with Crippen molar-refractivity contribution in [1.82, 2.24) is 34.4 Å². The summed E-state index contributed by atoms with van der Waals surface area (Å²) in [6, 6.07) is 40.1. The summed E-state index contributed by atoms with van der Waals surface area (Å²) >= 11 is 12.7. The van der Waals surface area contributed by atoms with E-state index < -0.39 is 28.8 Å². The average Bonchev–Trinajstić information content (AvgIpc) is 4.01. The van der Waals surface area contributed by atoms with Crippen molar-refractivity contribution < 1.29 is 19.4 Å². The number of benzene rings is 5. The first-order valence-corrected chi connectivity index (χ1v) is 21.0. The fourth-order valence-electron chi connectivity index (χ4n) is 9.00. The number of nitrogens with zero attached hydrogens (tertiary/aromatic N) is 7. The first-order chi connectivity index (χ1) is 29.6. The fraction of sp³-hybridized carbons (Fsp3) is 0.208. The zero-order valence-electron chi connectivity index (χ0n) is 33.7. The van der Waals surface area contributed by atoms with Crippen LogP contribution in [0, 0.1) is 5.41 Å². The second-order valence-electron chi connectivity index (χ2n) is 15.1. The maximum Gasteiger partial charge on any atom is 0.337 e. The number of rotatable bonds is 12. The molecule has 0 spiro atoms. The third-order valence-corrected chi connectivity index (χ3v) is 12.1. The van der Waals surface area contributed by atoms with E-state index in [1.54, 1.807) is 76.6 Å². The number of para-hydroxylation sites is 2. The number of aliphatic hydroxyl groups is 1. The highest BCUT2D eigenvalue weighted by Gasteiger charge is 2.77. The van der Waals surface area contributed by atoms with Crippen molar-refractivity contribution in [3.63, 3.8) is 0 Å². The summed E-state index contributed by atoms with van der Waals surface area (Å²) in [5.74, 6) is -1.55. The first kappa shape index (κ1) is 40.0. The number of carbonyl (C=O) groups is 2. The smallest absolute Gasteiger partial charge is 0.337 e. The summed E-state index contributed by atoms with van der Waals surface area (Å²) < 4.78 is 9.23. The second kappa shape index (κ2) is 15.9. The van der Waals surface area contributed by atoms with Gasteiger partial charge in [0.2, 0.25) is 0 Å². The number of unbranched alkanes of at least 4 members (excludes halogenated alkanes) is 1. The van der Waals surface area contributed by atoms with Gasteiger partial charge in [0, 0.05) is 44.5 Å². The fourth-order valence-corrected chi connectivity index (χ4v) is 9.25. The lowest BCUT2D eigenvalue weighted by Crippen LogP contribution is -2.56. The maximum atomic E-state index is 16.2. The van der Waals surface area contributed by atoms with Gasteiger partial charge < -0.3 is 14.7 Å². The topological polar surface area (TPSA) is 128 Å². The summed E-state index contributed by atoms with van der Waals surface area (Å²) in [6.45, 7) is 5.88. The van der Waals surface area contributed by atoms with Crippen LogP contribution in [0.4, 0.5) is 0 Å². The lowest BCUT2D eigenvalue weighted by molar-refractivity contribution is -0.153. The van der Waals surface area contributed by atoms with E-state index in [2.05, 4.69) is 6.92 Å². The molecular weight excluding hydrogens is 809 g/mol. The van der Waals surface area contributed by atoms with E-state index in [0.717, 1.165) is 6.42 Å². The number of esters is 1. The molecule has 7 aromatic rings. The zero-order chi connectivity index (χ0) is 42.5. The Balaban J connectivity index is 1.47. The Morgan fingerprint density at radius 2 is 1.21 bits per heavy atom. The maximum absolute atomic E-state index is 16.2. The summed E-state index contributed by atoms with van der Waals surface area (Å²) in [5.41, 5.74) is -0.782. The Bertz CT molecular complexity index is 2680. The summed E-state index contributed by atoms with van der Waals surface area (Å²) in [5, 5.41) is 25.5. The number of aromatic nitrogens is 6. The van der Waals surface area contributed by atoms with Crippen molar-refractivity contribution >= 4 is 35.0 Å². The first-order valence-electron chi connectivity index (χ1n) is 20.2. The lowest BCUT2D eigenvalue weighted by atomic mass is 9.62. The van der Waals surface area contributed by atoms with Crippen molar-refractivity contribution in [3.8, 4) is 34.2 Å². The number of carbonyl (C=O) groups excluding carboxylic acids is 2. The van der Waals surface area contributed by atoms with Gasteiger partial charge in [-0.3, -0.25) is 4.79 Å². The number of Topliss-reactive ketones (excluding diaryl/α,β-unsaturated/α-hetero) is 1. The van der Waals surface area contributed by atoms with Crippen molar-refractivity contribution in [1.29, 1.82) is 0 Å². The highest BCUT2D eigenvalue weighted by Crippen LogP contribution is 2.68. The average molecular weight is 851 g/mol. The molecule has 0 unspecified atom stereocenters. The SMILES string of the molecule is CCCCN1C(C)=C(C(=O)OCC)[C@@]2(C(c3nc(-c4ccc(Cl)cc4)nn3-c3ccccc3)c3nc(-c4ccc(Cl)cc4)nn3-c3ccccc3)C(=O)c3ccccc3[C@@]12O. The van der Waals surface area contributed by atoms with Crippen molar-refractivity contribution in [2.24, 2.45) is 5.41 Å². The van der Waals surface area contributed by atoms with Gasteiger partial charge >= 0.3 is 5.97 Å². The second-order valence-corrected chi connectivity index (χ2v) is 15.9. The molecule has 1 aliphatic heterocycles. The minimum atomic E-state index is -2.17. The van der Waals surface area contributed by atoms with Crippen molar-refractivity contribution in [3.05, 3.63) is 178 Å². The van der Waals surface area contributed by atoms with Crippen LogP contribution in [-0.2, 0) is 15.3 Å². The summed E-state index contributed by atoms with van der Waals surface area (Å²) in [7, 11) is 0. The van der Waals surface area contributed by atoms with Gasteiger partial charge in [0.25, 0.3) is 0 Å². The van der Waals surface area contributed by atoms with Gasteiger partial charge in [-0.1, -0.05) is 97.2 Å². The van der Waals surface area contributed by atoms with Gasteiger partial charge in [0.1, 0.15) is 23.0 Å². The molecule has 13 heteroatoms. The molecule has 0 saturated carbocycles. The van der Waals surface area contributed by atoms with Crippen LogP contribution in [0.3, 0.4) is 0 Å². The van der Waals surface area contributed by atoms with E-state index in [-0.39, 0.29) is 29.4 Å². The van der Waals surface area contributed by atoms with Gasteiger partial charge in [0.05, 0.1) is 23.6 Å². The Morgan fingerprint density at radius 3 is 1.70 bits per heavy atom. The van der Waals surface area contributed by atoms with Crippen LogP contribution in [0.5, 0.6) is 0 Å². The van der Waals surface area contributed by atoms with Crippen LogP contribution in [0.25, 0.3) is 34.2 Å². The van der Waals surface area contributed by atoms with E-state index >= 15 is 4.79 Å². The van der Waals surface area contributed by atoms with Crippen LogP contribution < -0.4 is 0 Å². The van der Waals surface area contributed by atoms with Crippen molar-refractivity contribution in [2.75, 3.05) is 13.2 Å². The lowest BCUT2D eigenvalue weighted by Gasteiger charge is -2.45. The van der Waals surface area contributed by atoms with E-state index in [9.17, 15) is 9.90 Å². The Morgan fingerprint density at radius 1 is 0.721 bits per heavy atom. The van der Waals surface area contributed by atoms with Crippen LogP contribution >= 0.6 is 23.2 Å². The summed E-state index contributed by atoms with van der Waals surface area (Å²) in [6.07, 6.45) is 1.43. The number of hydrogen-bond acceptors (Lipinski definition) is 9. The molecule has 11 nitrogen and oxygen atoms in total. The third kappa shape index (κ3) is 6.29. The number of fused-ring (bicyclic) bond motifs is 3. The van der Waals surface area contributed by atoms with Gasteiger partial charge in [-0.25, -0.2) is 24.1 Å². The molecule has 2 aliphatic rings. The molecule has 2 atom stereocenters. The number of hydrogen-bond donors (Lipinski definition) is 1. The Labute approximate surface area is 362 Å². The molecule has 2 aromatic heterocycles. The summed E-state index contributed by atoms with van der Waals surface area (Å²) in [4.78, 5) is 43.7. The number of halogens is 2. The van der Waals surface area contributed by atoms with Gasteiger partial charge in [-0.15, -0.1) is 10.2 Å². The quantitative estimate of drug-likeness (QED) is 0.120. The molecule has 0 bridgehead atoms. The Kier molecular flexibility index (Phi) is 10.4. The zero-order valence-corrected chi connectivity index (χ0v) is 35.2. The highest BCUT2D eigenvalue weighted by molar-refractivity contribution is 6.31. The highest BCUT2D eigenvalue weighted by atomic mass is 35.5. The van der Waals surface area contributed by atoms with Crippen molar-refractivity contribution in [2.45, 2.75) is 45.3 Å². The van der Waals surface area contributed by atoms with Gasteiger partial charge in [0.15, 0.2) is 23.2 Å².